The Morgan fingerprint density at radius 1 is 0.743 bits per heavy atom. The van der Waals surface area contributed by atoms with Gasteiger partial charge in [-0.05, 0) is 49.4 Å². The Hall–Kier alpha value is -4.53. The summed E-state index contributed by atoms with van der Waals surface area (Å²) in [6.45, 7) is 3.72. The summed E-state index contributed by atoms with van der Waals surface area (Å²) in [6.07, 6.45) is 1.41. The van der Waals surface area contributed by atoms with Crippen molar-refractivity contribution >= 4 is 11.8 Å². The number of carbonyl (C=O) groups is 2. The minimum atomic E-state index is -0.256. The van der Waals surface area contributed by atoms with Crippen LogP contribution in [-0.2, 0) is 0 Å². The van der Waals surface area contributed by atoms with Crippen molar-refractivity contribution < 1.29 is 14.0 Å². The summed E-state index contributed by atoms with van der Waals surface area (Å²) in [5, 5.41) is 8.26. The molecule has 35 heavy (non-hydrogen) atoms. The number of aryl methyl sites for hydroxylation is 1. The Labute approximate surface area is 201 Å². The molecule has 0 atom stereocenters. The minimum Gasteiger partial charge on any atom is -0.416 e. The molecule has 5 rings (SSSR count). The second-order valence-electron chi connectivity index (χ2n) is 8.38. The van der Waals surface area contributed by atoms with Crippen LogP contribution in [0, 0.1) is 6.92 Å². The number of aromatic amines is 1. The zero-order valence-corrected chi connectivity index (χ0v) is 19.1. The van der Waals surface area contributed by atoms with Crippen molar-refractivity contribution in [1.82, 2.24) is 25.0 Å². The van der Waals surface area contributed by atoms with Crippen LogP contribution in [0.5, 0.6) is 0 Å². The van der Waals surface area contributed by atoms with E-state index in [1.165, 1.54) is 18.3 Å². The quantitative estimate of drug-likeness (QED) is 0.492. The lowest BCUT2D eigenvalue weighted by Gasteiger charge is -2.34. The molecule has 2 amide bonds. The number of amides is 2. The number of hydrogen-bond acceptors (Lipinski definition) is 6. The van der Waals surface area contributed by atoms with Gasteiger partial charge in [0.15, 0.2) is 0 Å². The number of nitrogens with one attached hydrogen (secondary N) is 1. The van der Waals surface area contributed by atoms with Gasteiger partial charge in [0.25, 0.3) is 11.8 Å². The van der Waals surface area contributed by atoms with Crippen LogP contribution in [0.3, 0.4) is 0 Å². The molecular weight excluding hydrogens is 446 g/mol. The van der Waals surface area contributed by atoms with Gasteiger partial charge in [-0.25, -0.2) is 0 Å². The predicted molar refractivity (Wildman–Crippen MR) is 129 cm³/mol. The van der Waals surface area contributed by atoms with Gasteiger partial charge in [-0.2, -0.15) is 0 Å². The number of H-pyrrole nitrogens is 1. The molecular formula is C26H23N5O4. The van der Waals surface area contributed by atoms with Gasteiger partial charge < -0.3 is 19.2 Å². The van der Waals surface area contributed by atoms with Crippen LogP contribution in [0.2, 0.25) is 0 Å². The highest BCUT2D eigenvalue weighted by molar-refractivity contribution is 5.96. The van der Waals surface area contributed by atoms with Gasteiger partial charge in [0.2, 0.25) is 17.3 Å². The molecule has 4 aromatic rings. The van der Waals surface area contributed by atoms with Crippen molar-refractivity contribution in [3.63, 3.8) is 0 Å². The van der Waals surface area contributed by atoms with Crippen molar-refractivity contribution in [3.05, 3.63) is 93.9 Å². The Bertz CT molecular complexity index is 1390. The van der Waals surface area contributed by atoms with Gasteiger partial charge in [-0.3, -0.25) is 14.4 Å². The van der Waals surface area contributed by atoms with E-state index in [0.29, 0.717) is 49.1 Å². The van der Waals surface area contributed by atoms with Crippen molar-refractivity contribution in [1.29, 1.82) is 0 Å². The Kier molecular flexibility index (Phi) is 5.97. The average molecular weight is 470 g/mol. The fraction of sp³-hybridized carbons (Fsp3) is 0.192. The number of hydrogen-bond donors (Lipinski definition) is 1. The molecule has 9 heteroatoms. The van der Waals surface area contributed by atoms with E-state index in [2.05, 4.69) is 15.2 Å². The lowest BCUT2D eigenvalue weighted by Crippen LogP contribution is -2.50. The molecule has 9 nitrogen and oxygen atoms in total. The van der Waals surface area contributed by atoms with Gasteiger partial charge >= 0.3 is 0 Å². The largest absolute Gasteiger partial charge is 0.416 e. The van der Waals surface area contributed by atoms with Crippen LogP contribution in [0.1, 0.15) is 26.3 Å². The third-order valence-corrected chi connectivity index (χ3v) is 5.99. The minimum absolute atomic E-state index is 0.0986. The van der Waals surface area contributed by atoms with Crippen LogP contribution in [0.4, 0.5) is 0 Å². The number of carbonyl (C=O) groups excluding carboxylic acids is 2. The zero-order chi connectivity index (χ0) is 24.4. The molecule has 1 saturated heterocycles. The molecule has 0 saturated carbocycles. The maximum Gasteiger partial charge on any atom is 0.255 e. The second kappa shape index (κ2) is 9.38. The summed E-state index contributed by atoms with van der Waals surface area (Å²) in [6, 6.07) is 17.7. The number of pyridine rings is 1. The lowest BCUT2D eigenvalue weighted by molar-refractivity contribution is 0.0535. The lowest BCUT2D eigenvalue weighted by atomic mass is 10.1. The molecule has 2 aromatic carbocycles. The number of piperazine rings is 1. The van der Waals surface area contributed by atoms with Crippen LogP contribution in [0.15, 0.2) is 76.1 Å². The number of rotatable bonds is 4. The summed E-state index contributed by atoms with van der Waals surface area (Å²) in [5.41, 5.74) is 3.44. The van der Waals surface area contributed by atoms with Crippen LogP contribution >= 0.6 is 0 Å². The van der Waals surface area contributed by atoms with Gasteiger partial charge in [-0.1, -0.05) is 17.7 Å². The first kappa shape index (κ1) is 22.3. The predicted octanol–water partition coefficient (Wildman–Crippen LogP) is 3.00. The summed E-state index contributed by atoms with van der Waals surface area (Å²) in [5.74, 6) is 0.559. The fourth-order valence-electron chi connectivity index (χ4n) is 3.93. The SMILES string of the molecule is Cc1ccc(-c2nnc(-c3ccc(C(=O)N4CCN(C(=O)c5ccc(=O)[nH]c5)CC4)cc3)o2)cc1. The average Bonchev–Trinajstić information content (AvgIpc) is 3.39. The molecule has 0 spiro atoms. The highest BCUT2D eigenvalue weighted by Gasteiger charge is 2.25. The summed E-state index contributed by atoms with van der Waals surface area (Å²) < 4.78 is 5.81. The van der Waals surface area contributed by atoms with E-state index in [9.17, 15) is 14.4 Å². The van der Waals surface area contributed by atoms with Crippen LogP contribution in [0.25, 0.3) is 22.9 Å². The molecule has 0 unspecified atom stereocenters. The van der Waals surface area contributed by atoms with E-state index in [1.807, 2.05) is 31.2 Å². The zero-order valence-electron chi connectivity index (χ0n) is 19.1. The highest BCUT2D eigenvalue weighted by Crippen LogP contribution is 2.24. The molecule has 0 radical (unpaired) electrons. The fourth-order valence-corrected chi connectivity index (χ4v) is 3.93. The summed E-state index contributed by atoms with van der Waals surface area (Å²) in [7, 11) is 0. The van der Waals surface area contributed by atoms with Gasteiger partial charge in [-0.15, -0.1) is 10.2 Å². The smallest absolute Gasteiger partial charge is 0.255 e. The molecule has 1 N–H and O–H groups in total. The molecule has 0 bridgehead atoms. The molecule has 1 aliphatic heterocycles. The topological polar surface area (TPSA) is 112 Å². The van der Waals surface area contributed by atoms with E-state index in [4.69, 9.17) is 4.42 Å². The number of benzene rings is 2. The molecule has 0 aliphatic carbocycles. The third kappa shape index (κ3) is 4.74. The van der Waals surface area contributed by atoms with E-state index in [-0.39, 0.29) is 17.4 Å². The highest BCUT2D eigenvalue weighted by atomic mass is 16.4. The molecule has 1 aliphatic rings. The molecule has 3 heterocycles. The Morgan fingerprint density at radius 3 is 1.74 bits per heavy atom. The number of nitrogens with zero attached hydrogens (tertiary/aromatic N) is 4. The van der Waals surface area contributed by atoms with Crippen molar-refractivity contribution in [3.8, 4) is 22.9 Å². The summed E-state index contributed by atoms with van der Waals surface area (Å²) in [4.78, 5) is 42.7. The van der Waals surface area contributed by atoms with Gasteiger partial charge in [0.05, 0.1) is 5.56 Å². The first-order chi connectivity index (χ1) is 17.0. The van der Waals surface area contributed by atoms with E-state index in [1.54, 1.807) is 34.1 Å². The van der Waals surface area contributed by atoms with E-state index >= 15 is 0 Å². The molecule has 1 fully saturated rings. The second-order valence-corrected chi connectivity index (χ2v) is 8.38. The first-order valence-electron chi connectivity index (χ1n) is 11.3. The third-order valence-electron chi connectivity index (χ3n) is 5.99. The monoisotopic (exact) mass is 469 g/mol. The van der Waals surface area contributed by atoms with Crippen LogP contribution in [-0.4, -0.2) is 63.0 Å². The van der Waals surface area contributed by atoms with Crippen LogP contribution < -0.4 is 5.56 Å². The maximum absolute atomic E-state index is 13.0. The van der Waals surface area contributed by atoms with Gasteiger partial charge in [0, 0.05) is 55.1 Å². The Morgan fingerprint density at radius 2 is 1.23 bits per heavy atom. The van der Waals surface area contributed by atoms with Crippen molar-refractivity contribution in [2.24, 2.45) is 0 Å². The Balaban J connectivity index is 1.21. The van der Waals surface area contributed by atoms with Crippen molar-refractivity contribution in [2.45, 2.75) is 6.92 Å². The standard InChI is InChI=1S/C26H23N5O4/c1-17-2-4-18(5-3-17)23-28-29-24(35-23)19-6-8-20(9-7-19)25(33)30-12-14-31(15-13-30)26(34)21-10-11-22(32)27-16-21/h2-11,16H,12-15H2,1H3,(H,27,32). The first-order valence-corrected chi connectivity index (χ1v) is 11.3. The van der Waals surface area contributed by atoms with Crippen molar-refractivity contribution in [2.75, 3.05) is 26.2 Å². The number of aromatic nitrogens is 3. The van der Waals surface area contributed by atoms with Gasteiger partial charge in [0.1, 0.15) is 0 Å². The van der Waals surface area contributed by atoms with E-state index < -0.39 is 0 Å². The molecule has 176 valence electrons. The normalized spacial score (nSPS) is 13.6. The maximum atomic E-state index is 13.0. The summed E-state index contributed by atoms with van der Waals surface area (Å²) >= 11 is 0. The molecule has 2 aromatic heterocycles. The van der Waals surface area contributed by atoms with E-state index in [0.717, 1.165) is 16.7 Å².